The fraction of sp³-hybridized carbons (Fsp3) is 0.500. The second-order valence-electron chi connectivity index (χ2n) is 5.54. The quantitative estimate of drug-likeness (QED) is 0.444. The van der Waals surface area contributed by atoms with Crippen molar-refractivity contribution in [1.29, 1.82) is 0 Å². The largest absolute Gasteiger partial charge is 0.477 e. The van der Waals surface area contributed by atoms with Crippen molar-refractivity contribution >= 4 is 53.0 Å². The van der Waals surface area contributed by atoms with E-state index in [1.165, 1.54) is 46.3 Å². The number of β-lactam (4-membered cyclic amide) rings is 1. The summed E-state index contributed by atoms with van der Waals surface area (Å²) >= 11 is 4.09. The zero-order valence-electron chi connectivity index (χ0n) is 13.8. The Balaban J connectivity index is 1.69. The van der Waals surface area contributed by atoms with Crippen LogP contribution in [0, 0.1) is 0 Å². The van der Waals surface area contributed by atoms with Gasteiger partial charge in [0.15, 0.2) is 4.34 Å². The predicted molar refractivity (Wildman–Crippen MR) is 99.0 cm³/mol. The maximum absolute atomic E-state index is 12.4. The van der Waals surface area contributed by atoms with Crippen LogP contribution >= 0.6 is 35.1 Å². The molecule has 9 nitrogen and oxygen atoms in total. The molecular weight excluding hydrogens is 398 g/mol. The lowest BCUT2D eigenvalue weighted by Gasteiger charge is -2.49. The van der Waals surface area contributed by atoms with E-state index in [-0.39, 0.29) is 5.70 Å². The van der Waals surface area contributed by atoms with Crippen LogP contribution in [0.1, 0.15) is 13.3 Å². The maximum Gasteiger partial charge on any atom is 0.352 e. The number of hydrogen-bond acceptors (Lipinski definition) is 8. The Bertz CT molecular complexity index is 739. The molecule has 1 saturated heterocycles. The summed E-state index contributed by atoms with van der Waals surface area (Å²) in [6.07, 6.45) is 2.24. The highest BCUT2D eigenvalue weighted by atomic mass is 32.2. The van der Waals surface area contributed by atoms with E-state index >= 15 is 0 Å². The van der Waals surface area contributed by atoms with Crippen LogP contribution in [-0.2, 0) is 9.59 Å². The molecule has 1 fully saturated rings. The fourth-order valence-corrected chi connectivity index (χ4v) is 5.53. The van der Waals surface area contributed by atoms with Crippen molar-refractivity contribution in [1.82, 2.24) is 24.9 Å². The number of aromatic nitrogens is 2. The summed E-state index contributed by atoms with van der Waals surface area (Å²) in [6, 6.07) is -1.12. The number of aliphatic carboxylic acids is 1. The second-order valence-corrected chi connectivity index (χ2v) is 8.65. The van der Waals surface area contributed by atoms with E-state index < -0.39 is 29.3 Å². The molecule has 1 aromatic heterocycles. The molecule has 26 heavy (non-hydrogen) atoms. The van der Waals surface area contributed by atoms with Gasteiger partial charge in [0.05, 0.1) is 0 Å². The number of amides is 3. The summed E-state index contributed by atoms with van der Waals surface area (Å²) < 4.78 is 4.66. The molecule has 12 heteroatoms. The summed E-state index contributed by atoms with van der Waals surface area (Å²) in [6.45, 7) is 2.44. The van der Waals surface area contributed by atoms with E-state index in [0.717, 1.165) is 10.8 Å². The van der Waals surface area contributed by atoms with Gasteiger partial charge in [0.2, 0.25) is 0 Å². The summed E-state index contributed by atoms with van der Waals surface area (Å²) in [5.74, 6) is -0.624. The number of carbonyl (C=O) groups is 3. The minimum Gasteiger partial charge on any atom is -0.477 e. The Morgan fingerprint density at radius 2 is 2.31 bits per heavy atom. The zero-order valence-corrected chi connectivity index (χ0v) is 16.2. The highest BCUT2D eigenvalue weighted by Crippen LogP contribution is 2.41. The van der Waals surface area contributed by atoms with Gasteiger partial charge in [-0.2, -0.15) is 4.37 Å². The van der Waals surface area contributed by atoms with Crippen LogP contribution in [0.4, 0.5) is 4.79 Å². The van der Waals surface area contributed by atoms with Crippen LogP contribution in [0.5, 0.6) is 0 Å². The van der Waals surface area contributed by atoms with Crippen molar-refractivity contribution < 1.29 is 19.5 Å². The van der Waals surface area contributed by atoms with Crippen LogP contribution < -0.4 is 10.6 Å². The van der Waals surface area contributed by atoms with Gasteiger partial charge in [-0.25, -0.2) is 14.6 Å². The first-order chi connectivity index (χ1) is 12.5. The molecule has 0 radical (unpaired) electrons. The fourth-order valence-electron chi connectivity index (χ4n) is 2.60. The Hall–Kier alpha value is -1.79. The number of hydrogen-bond donors (Lipinski definition) is 3. The molecular formula is C14H17N5O4S3. The molecule has 0 saturated carbocycles. The monoisotopic (exact) mass is 415 g/mol. The average molecular weight is 416 g/mol. The normalized spacial score (nSPS) is 21.9. The molecule has 3 rings (SSSR count). The Labute approximate surface area is 162 Å². The molecule has 140 valence electrons. The van der Waals surface area contributed by atoms with Gasteiger partial charge in [-0.3, -0.25) is 9.69 Å². The molecule has 0 aliphatic carbocycles. The number of nitrogens with zero attached hydrogens (tertiary/aromatic N) is 3. The van der Waals surface area contributed by atoms with Crippen molar-refractivity contribution in [3.63, 3.8) is 0 Å². The molecule has 2 atom stereocenters. The molecule has 3 N–H and O–H groups in total. The molecule has 2 aliphatic rings. The van der Waals surface area contributed by atoms with Gasteiger partial charge in [0, 0.05) is 18.1 Å². The summed E-state index contributed by atoms with van der Waals surface area (Å²) in [5.41, 5.74) is 0.684. The molecule has 0 aromatic carbocycles. The van der Waals surface area contributed by atoms with Gasteiger partial charge in [-0.1, -0.05) is 18.7 Å². The zero-order chi connectivity index (χ0) is 18.7. The van der Waals surface area contributed by atoms with Crippen molar-refractivity contribution in [2.45, 2.75) is 29.1 Å². The lowest BCUT2D eigenvalue weighted by molar-refractivity contribution is -0.148. The molecule has 3 amide bonds. The molecule has 1 unspecified atom stereocenters. The van der Waals surface area contributed by atoms with Crippen LogP contribution in [0.25, 0.3) is 0 Å². The van der Waals surface area contributed by atoms with Crippen LogP contribution in [-0.4, -0.2) is 66.7 Å². The molecule has 0 spiro atoms. The Morgan fingerprint density at radius 1 is 1.50 bits per heavy atom. The molecule has 1 aromatic rings. The molecule has 0 bridgehead atoms. The summed E-state index contributed by atoms with van der Waals surface area (Å²) in [5, 5.41) is 14.5. The van der Waals surface area contributed by atoms with Gasteiger partial charge >= 0.3 is 12.0 Å². The first-order valence-corrected chi connectivity index (χ1v) is 10.7. The second kappa shape index (κ2) is 8.27. The SMILES string of the molecule is CCCNC(=O)NC1C(=O)N2C(C(=O)O)=C(CSc3ncns3)CS[C@@H]12. The number of urea groups is 1. The van der Waals surface area contributed by atoms with Gasteiger partial charge in [0.25, 0.3) is 5.91 Å². The lowest BCUT2D eigenvalue weighted by Crippen LogP contribution is -2.71. The first-order valence-electron chi connectivity index (χ1n) is 7.86. The van der Waals surface area contributed by atoms with Crippen molar-refractivity contribution in [3.05, 3.63) is 17.6 Å². The van der Waals surface area contributed by atoms with Crippen molar-refractivity contribution in [2.24, 2.45) is 0 Å². The van der Waals surface area contributed by atoms with Crippen molar-refractivity contribution in [3.8, 4) is 0 Å². The van der Waals surface area contributed by atoms with Crippen LogP contribution in [0.15, 0.2) is 21.9 Å². The number of fused-ring (bicyclic) bond motifs is 1. The number of carboxylic acid groups (broad SMARTS) is 1. The van der Waals surface area contributed by atoms with Crippen molar-refractivity contribution in [2.75, 3.05) is 18.1 Å². The molecule has 2 aliphatic heterocycles. The summed E-state index contributed by atoms with van der Waals surface area (Å²) in [4.78, 5) is 41.3. The summed E-state index contributed by atoms with van der Waals surface area (Å²) in [7, 11) is 0. The highest BCUT2D eigenvalue weighted by Gasteiger charge is 2.54. The van der Waals surface area contributed by atoms with E-state index in [1.54, 1.807) is 0 Å². The first kappa shape index (κ1) is 19.0. The minimum absolute atomic E-state index is 0.0165. The third-order valence-corrected chi connectivity index (χ3v) is 7.01. The third-order valence-electron chi connectivity index (χ3n) is 3.78. The number of carboxylic acids is 1. The third kappa shape index (κ3) is 3.81. The number of thioether (sulfide) groups is 2. The van der Waals surface area contributed by atoms with E-state index in [2.05, 4.69) is 20.0 Å². The number of carbonyl (C=O) groups excluding carboxylic acids is 2. The van der Waals surface area contributed by atoms with E-state index in [4.69, 9.17) is 0 Å². The van der Waals surface area contributed by atoms with Crippen LogP contribution in [0.2, 0.25) is 0 Å². The standard InChI is InChI=1S/C14H17N5O4S3/c1-2-3-15-13(23)18-8-10(20)19-9(12(21)22)7(4-24-11(8)19)5-25-14-16-6-17-26-14/h6,8,11H,2-5H2,1H3,(H,21,22)(H2,15,18,23)/t8?,11-/m0/s1. The predicted octanol–water partition coefficient (Wildman–Crippen LogP) is 0.962. The minimum atomic E-state index is -1.13. The van der Waals surface area contributed by atoms with Gasteiger partial charge in [-0.05, 0) is 23.5 Å². The van der Waals surface area contributed by atoms with E-state index in [0.29, 0.717) is 23.6 Å². The van der Waals surface area contributed by atoms with Gasteiger partial charge < -0.3 is 15.7 Å². The molecule has 3 heterocycles. The topological polar surface area (TPSA) is 125 Å². The number of rotatable bonds is 7. The lowest BCUT2D eigenvalue weighted by atomic mass is 10.0. The van der Waals surface area contributed by atoms with Gasteiger partial charge in [0.1, 0.15) is 23.4 Å². The smallest absolute Gasteiger partial charge is 0.352 e. The van der Waals surface area contributed by atoms with E-state index in [9.17, 15) is 19.5 Å². The average Bonchev–Trinajstić information content (AvgIpc) is 3.15. The van der Waals surface area contributed by atoms with Crippen LogP contribution in [0.3, 0.4) is 0 Å². The Kier molecular flexibility index (Phi) is 6.04. The van der Waals surface area contributed by atoms with E-state index in [1.807, 2.05) is 6.92 Å². The highest BCUT2D eigenvalue weighted by molar-refractivity contribution is 8.01. The maximum atomic E-state index is 12.4. The number of nitrogens with one attached hydrogen (secondary N) is 2. The Morgan fingerprint density at radius 3 is 2.96 bits per heavy atom. The van der Waals surface area contributed by atoms with Gasteiger partial charge in [-0.15, -0.1) is 11.8 Å².